The Morgan fingerprint density at radius 1 is 1.09 bits per heavy atom. The first kappa shape index (κ1) is 16.3. The van der Waals surface area contributed by atoms with Gasteiger partial charge in [0.05, 0.1) is 6.42 Å². The first-order chi connectivity index (χ1) is 10.6. The van der Waals surface area contributed by atoms with Gasteiger partial charge in [0.15, 0.2) is 0 Å². The monoisotopic (exact) mass is 304 g/mol. The fraction of sp³-hybridized carbons (Fsp3) is 0.529. The van der Waals surface area contributed by atoms with E-state index in [0.717, 1.165) is 19.3 Å². The molecular formula is C17H24N2O3. The molecule has 2 amide bonds. The molecule has 0 aromatic heterocycles. The lowest BCUT2D eigenvalue weighted by molar-refractivity contribution is -0.136. The Hall–Kier alpha value is -2.04. The number of urea groups is 1. The zero-order valence-corrected chi connectivity index (χ0v) is 12.8. The maximum atomic E-state index is 11.8. The van der Waals surface area contributed by atoms with Crippen LogP contribution in [0.4, 0.5) is 4.79 Å². The molecule has 120 valence electrons. The topological polar surface area (TPSA) is 78.4 Å². The van der Waals surface area contributed by atoms with Gasteiger partial charge in [-0.15, -0.1) is 0 Å². The Bertz CT molecular complexity index is 496. The third-order valence-corrected chi connectivity index (χ3v) is 4.33. The first-order valence-corrected chi connectivity index (χ1v) is 7.87. The zero-order valence-electron chi connectivity index (χ0n) is 12.8. The minimum absolute atomic E-state index is 0.0530. The average molecular weight is 304 g/mol. The zero-order chi connectivity index (χ0) is 15.8. The van der Waals surface area contributed by atoms with Gasteiger partial charge >= 0.3 is 12.0 Å². The van der Waals surface area contributed by atoms with E-state index in [1.807, 2.05) is 18.2 Å². The number of carbonyl (C=O) groups excluding carboxylic acids is 1. The van der Waals surface area contributed by atoms with Gasteiger partial charge in [0, 0.05) is 13.1 Å². The smallest absolute Gasteiger partial charge is 0.314 e. The predicted octanol–water partition coefficient (Wildman–Crippen LogP) is 2.56. The van der Waals surface area contributed by atoms with Crippen molar-refractivity contribution in [1.82, 2.24) is 10.6 Å². The maximum Gasteiger partial charge on any atom is 0.314 e. The Kier molecular flexibility index (Phi) is 5.81. The number of carboxylic acid groups (broad SMARTS) is 1. The normalized spacial score (nSPS) is 16.2. The summed E-state index contributed by atoms with van der Waals surface area (Å²) in [4.78, 5) is 22.2. The molecule has 5 nitrogen and oxygen atoms in total. The van der Waals surface area contributed by atoms with Gasteiger partial charge in [-0.05, 0) is 30.2 Å². The van der Waals surface area contributed by atoms with Crippen molar-refractivity contribution in [3.8, 4) is 0 Å². The van der Waals surface area contributed by atoms with Crippen LogP contribution in [0, 0.1) is 5.41 Å². The highest BCUT2D eigenvalue weighted by atomic mass is 16.4. The number of aliphatic carboxylic acids is 1. The highest BCUT2D eigenvalue weighted by Gasteiger charge is 2.34. The molecule has 0 spiro atoms. The highest BCUT2D eigenvalue weighted by Crippen LogP contribution is 2.40. The molecule has 1 aliphatic rings. The second-order valence-corrected chi connectivity index (χ2v) is 6.12. The number of hydrogen-bond donors (Lipinski definition) is 3. The minimum Gasteiger partial charge on any atom is -0.481 e. The van der Waals surface area contributed by atoms with Crippen molar-refractivity contribution in [2.45, 2.75) is 38.5 Å². The van der Waals surface area contributed by atoms with Crippen molar-refractivity contribution in [2.24, 2.45) is 5.41 Å². The Morgan fingerprint density at radius 3 is 2.41 bits per heavy atom. The van der Waals surface area contributed by atoms with Crippen LogP contribution in [-0.4, -0.2) is 30.2 Å². The molecule has 1 fully saturated rings. The van der Waals surface area contributed by atoms with E-state index in [1.165, 1.54) is 18.4 Å². The SMILES string of the molecule is O=C(O)CCNC(=O)NCC1(Cc2ccccc2)CCCC1. The van der Waals surface area contributed by atoms with E-state index >= 15 is 0 Å². The number of rotatable bonds is 7. The lowest BCUT2D eigenvalue weighted by Crippen LogP contribution is -2.43. The predicted molar refractivity (Wildman–Crippen MR) is 84.7 cm³/mol. The van der Waals surface area contributed by atoms with Crippen molar-refractivity contribution < 1.29 is 14.7 Å². The summed E-state index contributed by atoms with van der Waals surface area (Å²) < 4.78 is 0. The van der Waals surface area contributed by atoms with Crippen LogP contribution in [0.2, 0.25) is 0 Å². The molecule has 0 bridgehead atoms. The lowest BCUT2D eigenvalue weighted by atomic mass is 9.80. The van der Waals surface area contributed by atoms with Crippen LogP contribution in [0.25, 0.3) is 0 Å². The van der Waals surface area contributed by atoms with Gasteiger partial charge in [-0.25, -0.2) is 4.79 Å². The number of carbonyl (C=O) groups is 2. The summed E-state index contributed by atoms with van der Waals surface area (Å²) in [6, 6.07) is 10.1. The quantitative estimate of drug-likeness (QED) is 0.724. The second-order valence-electron chi connectivity index (χ2n) is 6.12. The number of amides is 2. The van der Waals surface area contributed by atoms with Gasteiger partial charge < -0.3 is 15.7 Å². The van der Waals surface area contributed by atoms with Crippen LogP contribution >= 0.6 is 0 Å². The molecule has 0 atom stereocenters. The van der Waals surface area contributed by atoms with Crippen molar-refractivity contribution in [3.63, 3.8) is 0 Å². The Balaban J connectivity index is 1.84. The molecule has 3 N–H and O–H groups in total. The van der Waals surface area contributed by atoms with Crippen LogP contribution in [0.1, 0.15) is 37.7 Å². The number of carboxylic acids is 1. The highest BCUT2D eigenvalue weighted by molar-refractivity contribution is 5.75. The summed E-state index contributed by atoms with van der Waals surface area (Å²) >= 11 is 0. The Labute approximate surface area is 131 Å². The van der Waals surface area contributed by atoms with Crippen molar-refractivity contribution >= 4 is 12.0 Å². The van der Waals surface area contributed by atoms with Crippen molar-refractivity contribution in [1.29, 1.82) is 0 Å². The molecule has 0 saturated heterocycles. The van der Waals surface area contributed by atoms with Crippen molar-refractivity contribution in [3.05, 3.63) is 35.9 Å². The van der Waals surface area contributed by atoms with E-state index in [2.05, 4.69) is 22.8 Å². The van der Waals surface area contributed by atoms with Gasteiger partial charge in [0.2, 0.25) is 0 Å². The fourth-order valence-corrected chi connectivity index (χ4v) is 3.18. The second kappa shape index (κ2) is 7.82. The third kappa shape index (κ3) is 5.06. The molecule has 0 heterocycles. The molecule has 1 aromatic carbocycles. The van der Waals surface area contributed by atoms with Gasteiger partial charge in [-0.1, -0.05) is 43.2 Å². The van der Waals surface area contributed by atoms with E-state index < -0.39 is 5.97 Å². The van der Waals surface area contributed by atoms with Crippen LogP contribution in [0.5, 0.6) is 0 Å². The lowest BCUT2D eigenvalue weighted by Gasteiger charge is -2.29. The van der Waals surface area contributed by atoms with Crippen LogP contribution < -0.4 is 10.6 Å². The molecule has 22 heavy (non-hydrogen) atoms. The fourth-order valence-electron chi connectivity index (χ4n) is 3.18. The van der Waals surface area contributed by atoms with Gasteiger partial charge in [-0.3, -0.25) is 4.79 Å². The molecule has 5 heteroatoms. The largest absolute Gasteiger partial charge is 0.481 e. The van der Waals surface area contributed by atoms with Gasteiger partial charge in [-0.2, -0.15) is 0 Å². The summed E-state index contributed by atoms with van der Waals surface area (Å²) in [6.07, 6.45) is 5.57. The summed E-state index contributed by atoms with van der Waals surface area (Å²) in [5, 5.41) is 14.1. The molecule has 0 aliphatic heterocycles. The van der Waals surface area contributed by atoms with Crippen LogP contribution in [-0.2, 0) is 11.2 Å². The number of hydrogen-bond acceptors (Lipinski definition) is 2. The summed E-state index contributed by atoms with van der Waals surface area (Å²) in [5.74, 6) is -0.906. The van der Waals surface area contributed by atoms with E-state index in [-0.39, 0.29) is 24.4 Å². The van der Waals surface area contributed by atoms with E-state index in [1.54, 1.807) is 0 Å². The molecular weight excluding hydrogens is 280 g/mol. The van der Waals surface area contributed by atoms with E-state index in [9.17, 15) is 9.59 Å². The van der Waals surface area contributed by atoms with Gasteiger partial charge in [0.25, 0.3) is 0 Å². The number of benzene rings is 1. The van der Waals surface area contributed by atoms with Crippen molar-refractivity contribution in [2.75, 3.05) is 13.1 Å². The van der Waals surface area contributed by atoms with Crippen LogP contribution in [0.3, 0.4) is 0 Å². The number of nitrogens with one attached hydrogen (secondary N) is 2. The van der Waals surface area contributed by atoms with E-state index in [0.29, 0.717) is 6.54 Å². The molecule has 0 radical (unpaired) electrons. The molecule has 1 saturated carbocycles. The summed E-state index contributed by atoms with van der Waals surface area (Å²) in [5.41, 5.74) is 1.43. The molecule has 1 aromatic rings. The van der Waals surface area contributed by atoms with Gasteiger partial charge in [0.1, 0.15) is 0 Å². The standard InChI is InChI=1S/C17H24N2O3/c20-15(21)8-11-18-16(22)19-13-17(9-4-5-10-17)12-14-6-2-1-3-7-14/h1-3,6-7H,4-5,8-13H2,(H,20,21)(H2,18,19,22). The molecule has 0 unspecified atom stereocenters. The first-order valence-electron chi connectivity index (χ1n) is 7.87. The minimum atomic E-state index is -0.906. The average Bonchev–Trinajstić information content (AvgIpc) is 2.95. The summed E-state index contributed by atoms with van der Waals surface area (Å²) in [6.45, 7) is 0.799. The Morgan fingerprint density at radius 2 is 1.77 bits per heavy atom. The third-order valence-electron chi connectivity index (χ3n) is 4.33. The maximum absolute atomic E-state index is 11.8. The molecule has 1 aliphatic carbocycles. The summed E-state index contributed by atoms with van der Waals surface area (Å²) in [7, 11) is 0. The molecule has 2 rings (SSSR count). The van der Waals surface area contributed by atoms with E-state index in [4.69, 9.17) is 5.11 Å². The van der Waals surface area contributed by atoms with Crippen LogP contribution in [0.15, 0.2) is 30.3 Å².